The highest BCUT2D eigenvalue weighted by Gasteiger charge is 2.17. The van der Waals surface area contributed by atoms with Crippen LogP contribution in [0.2, 0.25) is 0 Å². The number of rotatable bonds is 3. The van der Waals surface area contributed by atoms with Crippen molar-refractivity contribution in [3.8, 4) is 11.8 Å². The van der Waals surface area contributed by atoms with E-state index in [0.717, 1.165) is 13.0 Å². The Morgan fingerprint density at radius 1 is 1.55 bits per heavy atom. The van der Waals surface area contributed by atoms with Crippen molar-refractivity contribution in [1.82, 2.24) is 5.32 Å². The van der Waals surface area contributed by atoms with Crippen LogP contribution in [0.15, 0.2) is 18.2 Å². The van der Waals surface area contributed by atoms with Gasteiger partial charge in [-0.2, -0.15) is 0 Å². The second-order valence-electron chi connectivity index (χ2n) is 4.64. The Morgan fingerprint density at radius 2 is 2.40 bits per heavy atom. The zero-order chi connectivity index (χ0) is 14.4. The first-order valence-corrected chi connectivity index (χ1v) is 6.55. The van der Waals surface area contributed by atoms with E-state index in [1.165, 1.54) is 18.2 Å². The Kier molecular flexibility index (Phi) is 5.10. The molecule has 1 aliphatic heterocycles. The summed E-state index contributed by atoms with van der Waals surface area (Å²) in [5, 5.41) is 2.84. The number of benzene rings is 1. The summed E-state index contributed by atoms with van der Waals surface area (Å²) in [7, 11) is 0. The van der Waals surface area contributed by atoms with E-state index in [1.807, 2.05) is 0 Å². The molecular weight excluding hydrogens is 259 g/mol. The van der Waals surface area contributed by atoms with E-state index in [0.29, 0.717) is 30.2 Å². The van der Waals surface area contributed by atoms with Crippen molar-refractivity contribution < 1.29 is 13.9 Å². The van der Waals surface area contributed by atoms with Crippen LogP contribution < -0.4 is 11.1 Å². The molecule has 0 aliphatic carbocycles. The van der Waals surface area contributed by atoms with E-state index in [2.05, 4.69) is 17.2 Å². The number of halogens is 1. The van der Waals surface area contributed by atoms with Gasteiger partial charge in [0.25, 0.3) is 5.91 Å². The smallest absolute Gasteiger partial charge is 0.252 e. The summed E-state index contributed by atoms with van der Waals surface area (Å²) in [5.74, 6) is 5.03. The van der Waals surface area contributed by atoms with Gasteiger partial charge in [-0.1, -0.05) is 11.8 Å². The molecule has 1 aliphatic rings. The van der Waals surface area contributed by atoms with Gasteiger partial charge in [-0.15, -0.1) is 0 Å². The van der Waals surface area contributed by atoms with Crippen LogP contribution in [0.3, 0.4) is 0 Å². The number of hydrogen-bond donors (Lipinski definition) is 2. The molecule has 0 aromatic heterocycles. The molecule has 1 saturated heterocycles. The topological polar surface area (TPSA) is 64.4 Å². The molecule has 2 rings (SSSR count). The van der Waals surface area contributed by atoms with Gasteiger partial charge in [0.2, 0.25) is 0 Å². The van der Waals surface area contributed by atoms with E-state index in [1.54, 1.807) is 0 Å². The first-order valence-electron chi connectivity index (χ1n) is 6.55. The highest BCUT2D eigenvalue weighted by molar-refractivity contribution is 5.96. The standard InChI is InChI=1S/C15H17FN2O2/c16-13-3-4-14(12(8-13)2-1-6-17)15(19)18-9-11-5-7-20-10-11/h3-4,8,11H,5-7,9-10,17H2,(H,18,19). The fourth-order valence-corrected chi connectivity index (χ4v) is 2.04. The number of hydrogen-bond acceptors (Lipinski definition) is 3. The van der Waals surface area contributed by atoms with Crippen molar-refractivity contribution in [2.45, 2.75) is 6.42 Å². The molecule has 1 heterocycles. The molecule has 0 bridgehead atoms. The summed E-state index contributed by atoms with van der Waals surface area (Å²) >= 11 is 0. The highest BCUT2D eigenvalue weighted by atomic mass is 19.1. The van der Waals surface area contributed by atoms with Crippen molar-refractivity contribution in [2.75, 3.05) is 26.3 Å². The number of carbonyl (C=O) groups excluding carboxylic acids is 1. The third kappa shape index (κ3) is 3.80. The summed E-state index contributed by atoms with van der Waals surface area (Å²) in [4.78, 5) is 12.1. The molecule has 0 radical (unpaired) electrons. The monoisotopic (exact) mass is 276 g/mol. The zero-order valence-electron chi connectivity index (χ0n) is 11.1. The molecule has 0 saturated carbocycles. The summed E-state index contributed by atoms with van der Waals surface area (Å²) in [5.41, 5.74) is 6.02. The van der Waals surface area contributed by atoms with Crippen molar-refractivity contribution in [3.63, 3.8) is 0 Å². The summed E-state index contributed by atoms with van der Waals surface area (Å²) in [6.45, 7) is 2.13. The van der Waals surface area contributed by atoms with Crippen molar-refractivity contribution >= 4 is 5.91 Å². The lowest BCUT2D eigenvalue weighted by molar-refractivity contribution is 0.0944. The van der Waals surface area contributed by atoms with Crippen LogP contribution in [0.5, 0.6) is 0 Å². The van der Waals surface area contributed by atoms with E-state index in [-0.39, 0.29) is 12.5 Å². The van der Waals surface area contributed by atoms with Gasteiger partial charge >= 0.3 is 0 Å². The minimum Gasteiger partial charge on any atom is -0.381 e. The van der Waals surface area contributed by atoms with Gasteiger partial charge in [-0.3, -0.25) is 4.79 Å². The molecule has 3 N–H and O–H groups in total. The van der Waals surface area contributed by atoms with Gasteiger partial charge in [-0.25, -0.2) is 4.39 Å². The predicted molar refractivity (Wildman–Crippen MR) is 73.6 cm³/mol. The quantitative estimate of drug-likeness (QED) is 0.806. The predicted octanol–water partition coefficient (Wildman–Crippen LogP) is 0.902. The number of ether oxygens (including phenoxy) is 1. The average molecular weight is 276 g/mol. The first-order chi connectivity index (χ1) is 9.70. The summed E-state index contributed by atoms with van der Waals surface area (Å²) < 4.78 is 18.5. The molecule has 106 valence electrons. The van der Waals surface area contributed by atoms with Gasteiger partial charge in [0.15, 0.2) is 0 Å². The minimum atomic E-state index is -0.424. The Labute approximate surface area is 117 Å². The molecule has 1 fully saturated rings. The van der Waals surface area contributed by atoms with Crippen molar-refractivity contribution in [2.24, 2.45) is 11.7 Å². The molecular formula is C15H17FN2O2. The fourth-order valence-electron chi connectivity index (χ4n) is 2.04. The maximum absolute atomic E-state index is 13.2. The SMILES string of the molecule is NCC#Cc1cc(F)ccc1C(=O)NCC1CCOC1. The Balaban J connectivity index is 2.07. The van der Waals surface area contributed by atoms with E-state index < -0.39 is 5.82 Å². The molecule has 5 heteroatoms. The Bertz CT molecular complexity index is 543. The first kappa shape index (κ1) is 14.5. The number of carbonyl (C=O) groups is 1. The molecule has 1 atom stereocenters. The van der Waals surface area contributed by atoms with Crippen LogP contribution in [0.1, 0.15) is 22.3 Å². The van der Waals surface area contributed by atoms with Gasteiger partial charge in [0.05, 0.1) is 18.7 Å². The number of nitrogens with two attached hydrogens (primary N) is 1. The highest BCUT2D eigenvalue weighted by Crippen LogP contribution is 2.13. The Hall–Kier alpha value is -1.90. The van der Waals surface area contributed by atoms with Crippen LogP contribution in [-0.4, -0.2) is 32.2 Å². The lowest BCUT2D eigenvalue weighted by atomic mass is 10.1. The summed E-state index contributed by atoms with van der Waals surface area (Å²) in [6.07, 6.45) is 0.948. The van der Waals surface area contributed by atoms with E-state index in [4.69, 9.17) is 10.5 Å². The molecule has 4 nitrogen and oxygen atoms in total. The van der Waals surface area contributed by atoms with E-state index >= 15 is 0 Å². The molecule has 1 aromatic rings. The van der Waals surface area contributed by atoms with Gasteiger partial charge in [-0.05, 0) is 24.6 Å². The second-order valence-corrected chi connectivity index (χ2v) is 4.64. The largest absolute Gasteiger partial charge is 0.381 e. The van der Waals surface area contributed by atoms with E-state index in [9.17, 15) is 9.18 Å². The summed E-state index contributed by atoms with van der Waals surface area (Å²) in [6, 6.07) is 3.94. The lowest BCUT2D eigenvalue weighted by Gasteiger charge is -2.10. The van der Waals surface area contributed by atoms with Crippen LogP contribution in [0.4, 0.5) is 4.39 Å². The number of amides is 1. The molecule has 1 unspecified atom stereocenters. The van der Waals surface area contributed by atoms with Gasteiger partial charge < -0.3 is 15.8 Å². The van der Waals surface area contributed by atoms with Crippen LogP contribution in [-0.2, 0) is 4.74 Å². The maximum atomic E-state index is 13.2. The normalized spacial score (nSPS) is 17.4. The lowest BCUT2D eigenvalue weighted by Crippen LogP contribution is -2.30. The average Bonchev–Trinajstić information content (AvgIpc) is 2.96. The van der Waals surface area contributed by atoms with Crippen LogP contribution >= 0.6 is 0 Å². The third-order valence-corrected chi connectivity index (χ3v) is 3.13. The van der Waals surface area contributed by atoms with Gasteiger partial charge in [0.1, 0.15) is 5.82 Å². The number of nitrogens with one attached hydrogen (secondary N) is 1. The maximum Gasteiger partial charge on any atom is 0.252 e. The van der Waals surface area contributed by atoms with Crippen LogP contribution in [0, 0.1) is 23.6 Å². The minimum absolute atomic E-state index is 0.164. The fraction of sp³-hybridized carbons (Fsp3) is 0.400. The van der Waals surface area contributed by atoms with Crippen molar-refractivity contribution in [3.05, 3.63) is 35.1 Å². The third-order valence-electron chi connectivity index (χ3n) is 3.13. The van der Waals surface area contributed by atoms with Gasteiger partial charge in [0, 0.05) is 24.6 Å². The van der Waals surface area contributed by atoms with Crippen LogP contribution in [0.25, 0.3) is 0 Å². The zero-order valence-corrected chi connectivity index (χ0v) is 11.1. The molecule has 1 aromatic carbocycles. The van der Waals surface area contributed by atoms with Crippen molar-refractivity contribution in [1.29, 1.82) is 0 Å². The Morgan fingerprint density at radius 3 is 3.10 bits per heavy atom. The molecule has 0 spiro atoms. The molecule has 20 heavy (non-hydrogen) atoms. The molecule has 1 amide bonds. The second kappa shape index (κ2) is 7.04.